The molecule has 5 heteroatoms. The van der Waals surface area contributed by atoms with Gasteiger partial charge in [-0.25, -0.2) is 4.79 Å². The summed E-state index contributed by atoms with van der Waals surface area (Å²) in [4.78, 5) is 10.9. The van der Waals surface area contributed by atoms with Gasteiger partial charge in [-0.2, -0.15) is 0 Å². The van der Waals surface area contributed by atoms with Gasteiger partial charge in [-0.15, -0.1) is 0 Å². The van der Waals surface area contributed by atoms with Crippen LogP contribution in [0.1, 0.15) is 38.5 Å². The highest BCUT2D eigenvalue weighted by atomic mass is 16.7. The fourth-order valence-corrected chi connectivity index (χ4v) is 3.23. The van der Waals surface area contributed by atoms with Gasteiger partial charge < -0.3 is 19.3 Å². The second kappa shape index (κ2) is 3.93. The highest BCUT2D eigenvalue weighted by Gasteiger charge is 2.50. The molecule has 1 N–H and O–H groups in total. The topological polar surface area (TPSA) is 65.0 Å². The Morgan fingerprint density at radius 1 is 1.06 bits per heavy atom. The van der Waals surface area contributed by atoms with Crippen molar-refractivity contribution in [3.05, 3.63) is 0 Å². The molecule has 1 unspecified atom stereocenters. The van der Waals surface area contributed by atoms with Gasteiger partial charge in [0.2, 0.25) is 0 Å². The zero-order chi connectivity index (χ0) is 11.9. The highest BCUT2D eigenvalue weighted by Crippen LogP contribution is 2.47. The van der Waals surface area contributed by atoms with Crippen molar-refractivity contribution in [1.82, 2.24) is 0 Å². The normalized spacial score (nSPS) is 34.5. The second-order valence-electron chi connectivity index (χ2n) is 5.27. The Morgan fingerprint density at radius 3 is 2.24 bits per heavy atom. The van der Waals surface area contributed by atoms with Crippen molar-refractivity contribution in [3.8, 4) is 0 Å². The lowest BCUT2D eigenvalue weighted by Gasteiger charge is -2.41. The number of carboxylic acid groups (broad SMARTS) is 1. The third-order valence-electron chi connectivity index (χ3n) is 4.27. The molecule has 5 nitrogen and oxygen atoms in total. The number of hydrogen-bond donors (Lipinski definition) is 1. The van der Waals surface area contributed by atoms with E-state index >= 15 is 0 Å². The van der Waals surface area contributed by atoms with Crippen LogP contribution in [0.3, 0.4) is 0 Å². The zero-order valence-electron chi connectivity index (χ0n) is 9.81. The van der Waals surface area contributed by atoms with Gasteiger partial charge in [0, 0.05) is 12.8 Å². The van der Waals surface area contributed by atoms with Crippen molar-refractivity contribution in [2.24, 2.45) is 0 Å². The Kier molecular flexibility index (Phi) is 2.65. The predicted molar refractivity (Wildman–Crippen MR) is 57.6 cm³/mol. The number of carboxylic acids is 1. The van der Waals surface area contributed by atoms with Crippen molar-refractivity contribution in [3.63, 3.8) is 0 Å². The summed E-state index contributed by atoms with van der Waals surface area (Å²) in [5.74, 6) is -1.23. The van der Waals surface area contributed by atoms with Crippen molar-refractivity contribution in [1.29, 1.82) is 0 Å². The van der Waals surface area contributed by atoms with E-state index in [0.717, 1.165) is 32.1 Å². The molecule has 1 saturated carbocycles. The standard InChI is InChI=1S/C12H18O5/c13-10(14)9-1-2-11(17-9)3-5-12(6-4-11)15-7-8-16-12/h9H,1-8H2,(H,13,14). The van der Waals surface area contributed by atoms with Crippen LogP contribution >= 0.6 is 0 Å². The maximum Gasteiger partial charge on any atom is 0.332 e. The van der Waals surface area contributed by atoms with Gasteiger partial charge in [0.05, 0.1) is 18.8 Å². The lowest BCUT2D eigenvalue weighted by Crippen LogP contribution is -2.44. The van der Waals surface area contributed by atoms with Gasteiger partial charge in [0.25, 0.3) is 0 Å². The third kappa shape index (κ3) is 1.96. The molecule has 3 aliphatic rings. The summed E-state index contributed by atoms with van der Waals surface area (Å²) in [6.07, 6.45) is 4.19. The number of carbonyl (C=O) groups is 1. The molecule has 3 rings (SSSR count). The Balaban J connectivity index is 1.63. The molecule has 2 aliphatic heterocycles. The average molecular weight is 242 g/mol. The quantitative estimate of drug-likeness (QED) is 0.751. The van der Waals surface area contributed by atoms with Crippen molar-refractivity contribution >= 4 is 5.97 Å². The summed E-state index contributed by atoms with van der Waals surface area (Å²) >= 11 is 0. The van der Waals surface area contributed by atoms with E-state index < -0.39 is 17.9 Å². The van der Waals surface area contributed by atoms with E-state index in [1.807, 2.05) is 0 Å². The summed E-state index contributed by atoms with van der Waals surface area (Å²) in [6.45, 7) is 1.34. The fraction of sp³-hybridized carbons (Fsp3) is 0.917. The minimum Gasteiger partial charge on any atom is -0.479 e. The molecule has 2 saturated heterocycles. The van der Waals surface area contributed by atoms with Gasteiger partial charge >= 0.3 is 5.97 Å². The summed E-state index contributed by atoms with van der Waals surface area (Å²) in [5.41, 5.74) is -0.233. The van der Waals surface area contributed by atoms with Crippen molar-refractivity contribution in [2.75, 3.05) is 13.2 Å². The number of aliphatic carboxylic acids is 1. The molecule has 0 aromatic heterocycles. The summed E-state index contributed by atoms with van der Waals surface area (Å²) in [5, 5.41) is 8.96. The van der Waals surface area contributed by atoms with Crippen LogP contribution in [-0.4, -0.2) is 41.8 Å². The maximum absolute atomic E-state index is 10.9. The van der Waals surface area contributed by atoms with Crippen molar-refractivity contribution in [2.45, 2.75) is 56.0 Å². The van der Waals surface area contributed by atoms with E-state index in [4.69, 9.17) is 19.3 Å². The summed E-state index contributed by atoms with van der Waals surface area (Å²) in [7, 11) is 0. The average Bonchev–Trinajstić information content (AvgIpc) is 2.91. The van der Waals surface area contributed by atoms with Crippen LogP contribution in [0.25, 0.3) is 0 Å². The van der Waals surface area contributed by atoms with Crippen LogP contribution in [0, 0.1) is 0 Å². The van der Waals surface area contributed by atoms with Crippen LogP contribution in [0.15, 0.2) is 0 Å². The second-order valence-corrected chi connectivity index (χ2v) is 5.27. The molecular weight excluding hydrogens is 224 g/mol. The molecule has 1 atom stereocenters. The molecule has 3 fully saturated rings. The fourth-order valence-electron chi connectivity index (χ4n) is 3.23. The Hall–Kier alpha value is -0.650. The Bertz CT molecular complexity index is 311. The molecule has 96 valence electrons. The smallest absolute Gasteiger partial charge is 0.332 e. The summed E-state index contributed by atoms with van der Waals surface area (Å²) < 4.78 is 17.1. The first-order valence-corrected chi connectivity index (χ1v) is 6.32. The monoisotopic (exact) mass is 242 g/mol. The molecule has 0 amide bonds. The molecule has 0 radical (unpaired) electrons. The van der Waals surface area contributed by atoms with E-state index in [1.165, 1.54) is 0 Å². The molecule has 1 aliphatic carbocycles. The van der Waals surface area contributed by atoms with Crippen LogP contribution in [0.5, 0.6) is 0 Å². The van der Waals surface area contributed by atoms with Crippen LogP contribution in [0.4, 0.5) is 0 Å². The first kappa shape index (κ1) is 11.4. The molecule has 2 spiro atoms. The van der Waals surface area contributed by atoms with Crippen LogP contribution in [-0.2, 0) is 19.0 Å². The largest absolute Gasteiger partial charge is 0.479 e. The minimum absolute atomic E-state index is 0.233. The Labute approximate surface area is 100 Å². The van der Waals surface area contributed by atoms with E-state index in [-0.39, 0.29) is 5.60 Å². The van der Waals surface area contributed by atoms with E-state index in [0.29, 0.717) is 19.6 Å². The molecular formula is C12H18O5. The molecule has 0 aromatic rings. The Morgan fingerprint density at radius 2 is 1.71 bits per heavy atom. The van der Waals surface area contributed by atoms with Gasteiger partial charge in [-0.3, -0.25) is 0 Å². The van der Waals surface area contributed by atoms with Crippen molar-refractivity contribution < 1.29 is 24.1 Å². The van der Waals surface area contributed by atoms with Gasteiger partial charge in [-0.1, -0.05) is 0 Å². The molecule has 2 heterocycles. The lowest BCUT2D eigenvalue weighted by molar-refractivity contribution is -0.209. The van der Waals surface area contributed by atoms with Gasteiger partial charge in [0.15, 0.2) is 11.9 Å². The molecule has 17 heavy (non-hydrogen) atoms. The first-order chi connectivity index (χ1) is 8.13. The molecule has 0 aromatic carbocycles. The van der Waals surface area contributed by atoms with Crippen LogP contribution < -0.4 is 0 Å². The minimum atomic E-state index is -0.837. The number of rotatable bonds is 1. The predicted octanol–water partition coefficient (Wildman–Crippen LogP) is 1.31. The van der Waals surface area contributed by atoms with E-state index in [2.05, 4.69) is 0 Å². The first-order valence-electron chi connectivity index (χ1n) is 6.32. The number of hydrogen-bond acceptors (Lipinski definition) is 4. The van der Waals surface area contributed by atoms with Gasteiger partial charge in [0.1, 0.15) is 0 Å². The highest BCUT2D eigenvalue weighted by molar-refractivity contribution is 5.72. The molecule has 0 bridgehead atoms. The number of ether oxygens (including phenoxy) is 3. The zero-order valence-corrected chi connectivity index (χ0v) is 9.81. The van der Waals surface area contributed by atoms with Gasteiger partial charge in [-0.05, 0) is 25.7 Å². The van der Waals surface area contributed by atoms with E-state index in [1.54, 1.807) is 0 Å². The third-order valence-corrected chi connectivity index (χ3v) is 4.27. The van der Waals surface area contributed by atoms with E-state index in [9.17, 15) is 4.79 Å². The van der Waals surface area contributed by atoms with Crippen LogP contribution in [0.2, 0.25) is 0 Å². The SMILES string of the molecule is O=C(O)C1CCC2(CCC3(CC2)OCCO3)O1. The lowest BCUT2D eigenvalue weighted by atomic mass is 9.79. The summed E-state index contributed by atoms with van der Waals surface area (Å²) in [6, 6.07) is 0. The maximum atomic E-state index is 10.9.